The number of ether oxygens (including phenoxy) is 2. The van der Waals surface area contributed by atoms with Crippen molar-refractivity contribution in [1.29, 1.82) is 0 Å². The Balaban J connectivity index is 2.46. The second-order valence-electron chi connectivity index (χ2n) is 3.62. The Kier molecular flexibility index (Phi) is 7.11. The molecule has 18 heavy (non-hydrogen) atoms. The lowest BCUT2D eigenvalue weighted by atomic mass is 10.1. The lowest BCUT2D eigenvalue weighted by Gasteiger charge is -2.12. The van der Waals surface area contributed by atoms with E-state index in [4.69, 9.17) is 9.47 Å². The minimum atomic E-state index is -2.41. The van der Waals surface area contributed by atoms with Crippen LogP contribution in [0.4, 0.5) is 8.78 Å². The van der Waals surface area contributed by atoms with E-state index in [0.717, 1.165) is 15.8 Å². The number of hydrogen-bond donors (Lipinski definition) is 0. The molecule has 0 radical (unpaired) electrons. The maximum Gasteiger partial charge on any atom is 0.261 e. The summed E-state index contributed by atoms with van der Waals surface area (Å²) < 4.78 is 34.6. The summed E-state index contributed by atoms with van der Waals surface area (Å²) in [5, 5.41) is 0. The van der Waals surface area contributed by atoms with Gasteiger partial charge in [0.05, 0.1) is 11.6 Å². The maximum absolute atomic E-state index is 11.9. The van der Waals surface area contributed by atoms with Crippen molar-refractivity contribution in [3.8, 4) is 5.75 Å². The summed E-state index contributed by atoms with van der Waals surface area (Å²) in [4.78, 5) is 0.0670. The molecule has 0 aromatic heterocycles. The fourth-order valence-electron chi connectivity index (χ4n) is 1.40. The smallest absolute Gasteiger partial charge is 0.261 e. The minimum Gasteiger partial charge on any atom is -0.496 e. The number of alkyl halides is 3. The first kappa shape index (κ1) is 15.9. The van der Waals surface area contributed by atoms with Gasteiger partial charge in [-0.3, -0.25) is 0 Å². The molecule has 0 bridgehead atoms. The largest absolute Gasteiger partial charge is 0.496 e. The first-order valence-corrected chi connectivity index (χ1v) is 7.09. The molecule has 1 aromatic carbocycles. The monoisotopic (exact) mass is 386 g/mol. The molecule has 1 aromatic rings. The van der Waals surface area contributed by atoms with E-state index < -0.39 is 13.0 Å². The van der Waals surface area contributed by atoms with E-state index in [9.17, 15) is 8.78 Å². The topological polar surface area (TPSA) is 18.5 Å². The van der Waals surface area contributed by atoms with Gasteiger partial charge in [-0.1, -0.05) is 22.0 Å². The Morgan fingerprint density at radius 2 is 2.06 bits per heavy atom. The third-order valence-corrected chi connectivity index (χ3v) is 3.90. The lowest BCUT2D eigenvalue weighted by molar-refractivity contribution is 0.0167. The van der Waals surface area contributed by atoms with Crippen LogP contribution < -0.4 is 4.74 Å². The summed E-state index contributed by atoms with van der Waals surface area (Å²) >= 11 is 6.90. The molecule has 0 aliphatic carbocycles. The highest BCUT2D eigenvalue weighted by molar-refractivity contribution is 9.10. The minimum absolute atomic E-state index is 0.0670. The third kappa shape index (κ3) is 5.20. The Hall–Kier alpha value is -0.200. The molecule has 0 spiro atoms. The molecule has 0 heterocycles. The van der Waals surface area contributed by atoms with Gasteiger partial charge in [-0.15, -0.1) is 0 Å². The molecule has 0 saturated carbocycles. The van der Waals surface area contributed by atoms with E-state index in [1.54, 1.807) is 7.11 Å². The highest BCUT2D eigenvalue weighted by atomic mass is 79.9. The van der Waals surface area contributed by atoms with Gasteiger partial charge in [-0.05, 0) is 40.0 Å². The summed E-state index contributed by atoms with van der Waals surface area (Å²) in [6, 6.07) is 5.72. The van der Waals surface area contributed by atoms with Crippen LogP contribution in [0.1, 0.15) is 16.8 Å². The number of benzene rings is 1. The Morgan fingerprint density at radius 3 is 2.61 bits per heavy atom. The van der Waals surface area contributed by atoms with E-state index in [1.165, 1.54) is 0 Å². The van der Waals surface area contributed by atoms with Crippen molar-refractivity contribution in [1.82, 2.24) is 0 Å². The molecule has 0 N–H and O–H groups in total. The average molecular weight is 388 g/mol. The standard InChI is InChI=1S/C12H14Br2F2O2/c1-17-11-3-2-8(6-10(11)14)9(13)4-5-18-7-12(15)16/h2-3,6,9,12H,4-5,7H2,1H3. The highest BCUT2D eigenvalue weighted by Crippen LogP contribution is 2.32. The molecular weight excluding hydrogens is 374 g/mol. The zero-order chi connectivity index (χ0) is 13.5. The number of hydrogen-bond acceptors (Lipinski definition) is 2. The fourth-order valence-corrected chi connectivity index (χ4v) is 2.43. The van der Waals surface area contributed by atoms with E-state index in [0.29, 0.717) is 13.0 Å². The van der Waals surface area contributed by atoms with Crippen LogP contribution in [0.25, 0.3) is 0 Å². The van der Waals surface area contributed by atoms with Crippen molar-refractivity contribution >= 4 is 31.9 Å². The predicted octanol–water partition coefficient (Wildman–Crippen LogP) is 4.57. The van der Waals surface area contributed by atoms with Gasteiger partial charge in [-0.25, -0.2) is 8.78 Å². The van der Waals surface area contributed by atoms with E-state index in [-0.39, 0.29) is 4.83 Å². The number of rotatable bonds is 7. The quantitative estimate of drug-likeness (QED) is 0.504. The summed E-state index contributed by atoms with van der Waals surface area (Å²) in [5.41, 5.74) is 1.04. The first-order chi connectivity index (χ1) is 8.54. The SMILES string of the molecule is COc1ccc(C(Br)CCOCC(F)F)cc1Br. The zero-order valence-corrected chi connectivity index (χ0v) is 13.0. The molecule has 1 rings (SSSR count). The summed E-state index contributed by atoms with van der Waals surface area (Å²) in [6.45, 7) is -0.212. The van der Waals surface area contributed by atoms with Crippen LogP contribution in [-0.2, 0) is 4.74 Å². The molecule has 0 aliphatic rings. The second-order valence-corrected chi connectivity index (χ2v) is 5.58. The van der Waals surface area contributed by atoms with Crippen molar-refractivity contribution in [2.75, 3.05) is 20.3 Å². The van der Waals surface area contributed by atoms with Crippen molar-refractivity contribution in [2.45, 2.75) is 17.7 Å². The Bertz CT molecular complexity index is 375. The molecule has 0 saturated heterocycles. The van der Waals surface area contributed by atoms with Crippen LogP contribution in [0.15, 0.2) is 22.7 Å². The van der Waals surface area contributed by atoms with Gasteiger partial charge in [0.15, 0.2) is 0 Å². The molecule has 6 heteroatoms. The second kappa shape index (κ2) is 8.07. The van der Waals surface area contributed by atoms with Crippen molar-refractivity contribution in [3.05, 3.63) is 28.2 Å². The summed E-state index contributed by atoms with van der Waals surface area (Å²) in [5.74, 6) is 0.757. The van der Waals surface area contributed by atoms with Crippen molar-refractivity contribution in [2.24, 2.45) is 0 Å². The number of methoxy groups -OCH3 is 1. The van der Waals surface area contributed by atoms with Crippen LogP contribution in [0, 0.1) is 0 Å². The van der Waals surface area contributed by atoms with E-state index in [2.05, 4.69) is 31.9 Å². The Labute approximate surface area is 122 Å². The van der Waals surface area contributed by atoms with Gasteiger partial charge in [0.25, 0.3) is 6.43 Å². The van der Waals surface area contributed by atoms with Crippen molar-refractivity contribution in [3.63, 3.8) is 0 Å². The molecule has 0 fully saturated rings. The van der Waals surface area contributed by atoms with Gasteiger partial charge in [-0.2, -0.15) is 0 Å². The zero-order valence-electron chi connectivity index (χ0n) is 9.84. The molecule has 2 nitrogen and oxygen atoms in total. The van der Waals surface area contributed by atoms with Gasteiger partial charge in [0.1, 0.15) is 12.4 Å². The van der Waals surface area contributed by atoms with Crippen LogP contribution in [0.5, 0.6) is 5.75 Å². The normalized spacial score (nSPS) is 12.8. The van der Waals surface area contributed by atoms with Crippen LogP contribution in [-0.4, -0.2) is 26.7 Å². The van der Waals surface area contributed by atoms with Gasteiger partial charge >= 0.3 is 0 Å². The summed E-state index contributed by atoms with van der Waals surface area (Å²) in [7, 11) is 1.60. The van der Waals surface area contributed by atoms with E-state index >= 15 is 0 Å². The lowest BCUT2D eigenvalue weighted by Crippen LogP contribution is -2.06. The fraction of sp³-hybridized carbons (Fsp3) is 0.500. The van der Waals surface area contributed by atoms with Crippen LogP contribution in [0.2, 0.25) is 0 Å². The van der Waals surface area contributed by atoms with Gasteiger partial charge in [0, 0.05) is 11.4 Å². The first-order valence-electron chi connectivity index (χ1n) is 5.38. The van der Waals surface area contributed by atoms with Gasteiger partial charge < -0.3 is 9.47 Å². The van der Waals surface area contributed by atoms with E-state index in [1.807, 2.05) is 18.2 Å². The van der Waals surface area contributed by atoms with Gasteiger partial charge in [0.2, 0.25) is 0 Å². The summed E-state index contributed by atoms with van der Waals surface area (Å²) in [6.07, 6.45) is -1.78. The molecule has 1 unspecified atom stereocenters. The van der Waals surface area contributed by atoms with Crippen LogP contribution >= 0.6 is 31.9 Å². The number of halogens is 4. The maximum atomic E-state index is 11.9. The molecule has 102 valence electrons. The van der Waals surface area contributed by atoms with Crippen LogP contribution in [0.3, 0.4) is 0 Å². The van der Waals surface area contributed by atoms with Crippen molar-refractivity contribution < 1.29 is 18.3 Å². The highest BCUT2D eigenvalue weighted by Gasteiger charge is 2.10. The molecule has 0 aliphatic heterocycles. The molecule has 1 atom stereocenters. The molecule has 0 amide bonds. The molecular formula is C12H14Br2F2O2. The average Bonchev–Trinajstić information content (AvgIpc) is 2.34. The Morgan fingerprint density at radius 1 is 1.33 bits per heavy atom. The third-order valence-electron chi connectivity index (χ3n) is 2.30. The predicted molar refractivity (Wildman–Crippen MR) is 73.8 cm³/mol.